The van der Waals surface area contributed by atoms with Crippen molar-refractivity contribution in [3.63, 3.8) is 0 Å². The maximum atomic E-state index is 5.45. The predicted octanol–water partition coefficient (Wildman–Crippen LogP) is 4.83. The number of benzene rings is 1. The van der Waals surface area contributed by atoms with Crippen molar-refractivity contribution < 1.29 is 14.2 Å². The summed E-state index contributed by atoms with van der Waals surface area (Å²) in [4.78, 5) is 0. The van der Waals surface area contributed by atoms with Crippen molar-refractivity contribution in [3.8, 4) is 17.2 Å². The Labute approximate surface area is 159 Å². The molecule has 144 valence electrons. The molecule has 0 amide bonds. The standard InChI is InChI=1S/C20H33NO3.ClH/c1-20(2,3)15-9-7-8-10-16(15)21-13-14-11-17(22-4)19(24-6)18(12-14)23-5;/h11-12,15-16,21H,7-10,13H2,1-6H3;1H. The first-order valence-corrected chi connectivity index (χ1v) is 8.93. The lowest BCUT2D eigenvalue weighted by molar-refractivity contribution is 0.130. The molecule has 4 nitrogen and oxygen atoms in total. The first-order chi connectivity index (χ1) is 11.4. The summed E-state index contributed by atoms with van der Waals surface area (Å²) in [6.45, 7) is 7.89. The monoisotopic (exact) mass is 371 g/mol. The highest BCUT2D eigenvalue weighted by Gasteiger charge is 2.33. The van der Waals surface area contributed by atoms with Gasteiger partial charge in [0.2, 0.25) is 5.75 Å². The van der Waals surface area contributed by atoms with Gasteiger partial charge in [-0.25, -0.2) is 0 Å². The number of hydrogen-bond acceptors (Lipinski definition) is 4. The molecule has 1 N–H and O–H groups in total. The van der Waals surface area contributed by atoms with Crippen molar-refractivity contribution in [1.29, 1.82) is 0 Å². The fraction of sp³-hybridized carbons (Fsp3) is 0.700. The molecule has 1 aliphatic rings. The van der Waals surface area contributed by atoms with E-state index in [-0.39, 0.29) is 12.4 Å². The summed E-state index contributed by atoms with van der Waals surface area (Å²) in [5.41, 5.74) is 1.50. The summed E-state index contributed by atoms with van der Waals surface area (Å²) >= 11 is 0. The minimum atomic E-state index is 0. The second kappa shape index (κ2) is 9.54. The minimum absolute atomic E-state index is 0. The summed E-state index contributed by atoms with van der Waals surface area (Å²) in [6, 6.07) is 4.63. The summed E-state index contributed by atoms with van der Waals surface area (Å²) in [7, 11) is 4.95. The van der Waals surface area contributed by atoms with Crippen LogP contribution in [0.3, 0.4) is 0 Å². The second-order valence-corrected chi connectivity index (χ2v) is 7.78. The average Bonchev–Trinajstić information content (AvgIpc) is 2.58. The number of nitrogens with one attached hydrogen (secondary N) is 1. The smallest absolute Gasteiger partial charge is 0.203 e. The molecule has 1 aromatic rings. The van der Waals surface area contributed by atoms with Gasteiger partial charge < -0.3 is 19.5 Å². The summed E-state index contributed by atoms with van der Waals surface area (Å²) < 4.78 is 16.3. The number of ether oxygens (including phenoxy) is 3. The van der Waals surface area contributed by atoms with Crippen LogP contribution in [-0.2, 0) is 6.54 Å². The molecule has 0 bridgehead atoms. The van der Waals surface area contributed by atoms with E-state index in [1.165, 1.54) is 25.7 Å². The van der Waals surface area contributed by atoms with Crippen LogP contribution in [-0.4, -0.2) is 27.4 Å². The lowest BCUT2D eigenvalue weighted by Crippen LogP contribution is -2.43. The molecule has 1 aromatic carbocycles. The molecule has 5 heteroatoms. The molecule has 0 aromatic heterocycles. The number of hydrogen-bond donors (Lipinski definition) is 1. The third-order valence-corrected chi connectivity index (χ3v) is 5.17. The van der Waals surface area contributed by atoms with Gasteiger partial charge in [0.15, 0.2) is 11.5 Å². The Kier molecular flexibility index (Phi) is 8.36. The molecule has 1 aliphatic carbocycles. The first-order valence-electron chi connectivity index (χ1n) is 8.93. The molecule has 2 unspecified atom stereocenters. The van der Waals surface area contributed by atoms with Crippen LogP contribution in [0.25, 0.3) is 0 Å². The number of methoxy groups -OCH3 is 3. The molecular formula is C20H34ClNO3. The van der Waals surface area contributed by atoms with E-state index in [2.05, 4.69) is 26.1 Å². The second-order valence-electron chi connectivity index (χ2n) is 7.78. The highest BCUT2D eigenvalue weighted by molar-refractivity contribution is 5.85. The lowest BCUT2D eigenvalue weighted by atomic mass is 9.69. The van der Waals surface area contributed by atoms with E-state index in [9.17, 15) is 0 Å². The molecule has 0 spiro atoms. The molecule has 2 rings (SSSR count). The average molecular weight is 372 g/mol. The Balaban J connectivity index is 0.00000312. The van der Waals surface area contributed by atoms with E-state index in [1.807, 2.05) is 12.1 Å². The topological polar surface area (TPSA) is 39.7 Å². The van der Waals surface area contributed by atoms with Crippen LogP contribution < -0.4 is 19.5 Å². The molecule has 0 aliphatic heterocycles. The zero-order valence-corrected chi connectivity index (χ0v) is 17.3. The van der Waals surface area contributed by atoms with Crippen LogP contribution >= 0.6 is 12.4 Å². The van der Waals surface area contributed by atoms with Gasteiger partial charge in [-0.2, -0.15) is 0 Å². The molecule has 0 radical (unpaired) electrons. The zero-order chi connectivity index (χ0) is 17.7. The van der Waals surface area contributed by atoms with E-state index < -0.39 is 0 Å². The summed E-state index contributed by atoms with van der Waals surface area (Å²) in [5.74, 6) is 2.79. The van der Waals surface area contributed by atoms with E-state index >= 15 is 0 Å². The van der Waals surface area contributed by atoms with Crippen molar-refractivity contribution in [3.05, 3.63) is 17.7 Å². The van der Waals surface area contributed by atoms with Crippen molar-refractivity contribution in [1.82, 2.24) is 5.32 Å². The molecule has 1 fully saturated rings. The molecular weight excluding hydrogens is 338 g/mol. The Morgan fingerprint density at radius 1 is 0.960 bits per heavy atom. The summed E-state index contributed by atoms with van der Waals surface area (Å²) in [6.07, 6.45) is 5.24. The lowest BCUT2D eigenvalue weighted by Gasteiger charge is -2.41. The van der Waals surface area contributed by atoms with Crippen LogP contribution in [0.2, 0.25) is 0 Å². The number of rotatable bonds is 6. The fourth-order valence-corrected chi connectivity index (χ4v) is 3.90. The van der Waals surface area contributed by atoms with Crippen LogP contribution in [0.15, 0.2) is 12.1 Å². The largest absolute Gasteiger partial charge is 0.493 e. The Morgan fingerprint density at radius 3 is 2.00 bits per heavy atom. The Morgan fingerprint density at radius 2 is 1.52 bits per heavy atom. The maximum absolute atomic E-state index is 5.45. The molecule has 0 heterocycles. The Hall–Kier alpha value is -1.13. The Bertz CT molecular complexity index is 517. The third-order valence-electron chi connectivity index (χ3n) is 5.17. The van der Waals surface area contributed by atoms with Crippen molar-refractivity contribution in [2.45, 2.75) is 59.0 Å². The van der Waals surface area contributed by atoms with Gasteiger partial charge in [0.05, 0.1) is 21.3 Å². The maximum Gasteiger partial charge on any atom is 0.203 e. The molecule has 1 saturated carbocycles. The van der Waals surface area contributed by atoms with Gasteiger partial charge in [-0.1, -0.05) is 33.6 Å². The van der Waals surface area contributed by atoms with Gasteiger partial charge in [0, 0.05) is 12.6 Å². The van der Waals surface area contributed by atoms with Gasteiger partial charge in [-0.15, -0.1) is 12.4 Å². The van der Waals surface area contributed by atoms with Crippen LogP contribution in [0, 0.1) is 11.3 Å². The highest BCUT2D eigenvalue weighted by Crippen LogP contribution is 2.40. The van der Waals surface area contributed by atoms with E-state index in [4.69, 9.17) is 14.2 Å². The van der Waals surface area contributed by atoms with Crippen molar-refractivity contribution >= 4 is 12.4 Å². The van der Waals surface area contributed by atoms with Crippen molar-refractivity contribution in [2.24, 2.45) is 11.3 Å². The fourth-order valence-electron chi connectivity index (χ4n) is 3.90. The minimum Gasteiger partial charge on any atom is -0.493 e. The first kappa shape index (κ1) is 21.9. The van der Waals surface area contributed by atoms with Gasteiger partial charge in [0.1, 0.15) is 0 Å². The van der Waals surface area contributed by atoms with E-state index in [0.717, 1.165) is 12.1 Å². The van der Waals surface area contributed by atoms with E-state index in [1.54, 1.807) is 21.3 Å². The van der Waals surface area contributed by atoms with Crippen molar-refractivity contribution in [2.75, 3.05) is 21.3 Å². The number of halogens is 1. The highest BCUT2D eigenvalue weighted by atomic mass is 35.5. The quantitative estimate of drug-likeness (QED) is 0.777. The van der Waals surface area contributed by atoms with Gasteiger partial charge >= 0.3 is 0 Å². The van der Waals surface area contributed by atoms with Crippen LogP contribution in [0.5, 0.6) is 17.2 Å². The van der Waals surface area contributed by atoms with E-state index in [0.29, 0.717) is 34.6 Å². The van der Waals surface area contributed by atoms with Crippen LogP contribution in [0.4, 0.5) is 0 Å². The zero-order valence-electron chi connectivity index (χ0n) is 16.5. The normalized spacial score (nSPS) is 20.6. The third kappa shape index (κ3) is 5.42. The summed E-state index contributed by atoms with van der Waals surface area (Å²) in [5, 5.41) is 3.78. The van der Waals surface area contributed by atoms with Gasteiger partial charge in [-0.3, -0.25) is 0 Å². The predicted molar refractivity (Wildman–Crippen MR) is 105 cm³/mol. The molecule has 0 saturated heterocycles. The molecule has 2 atom stereocenters. The molecule has 25 heavy (non-hydrogen) atoms. The van der Waals surface area contributed by atoms with Crippen LogP contribution in [0.1, 0.15) is 52.0 Å². The van der Waals surface area contributed by atoms with Gasteiger partial charge in [-0.05, 0) is 41.9 Å². The van der Waals surface area contributed by atoms with Gasteiger partial charge in [0.25, 0.3) is 0 Å². The SMILES string of the molecule is COc1cc(CNC2CCCCC2C(C)(C)C)cc(OC)c1OC.Cl.